The Morgan fingerprint density at radius 1 is 0.958 bits per heavy atom. The predicted octanol–water partition coefficient (Wildman–Crippen LogP) is 7.25. The maximum Gasteiger partial charge on any atom is 0.127 e. The van der Waals surface area contributed by atoms with Crippen molar-refractivity contribution in [1.82, 2.24) is 0 Å². The van der Waals surface area contributed by atoms with Crippen LogP contribution in [-0.4, -0.2) is 0 Å². The minimum absolute atomic E-state index is 0.239. The zero-order chi connectivity index (χ0) is 17.3. The van der Waals surface area contributed by atoms with E-state index in [1.807, 2.05) is 13.0 Å². The maximum absolute atomic E-state index is 13.8. The SMILES string of the molecule is Cc1scc(CCc2csc(Cc3cc(F)c(C)c(Cl)c3)c2)c1Cl. The van der Waals surface area contributed by atoms with Crippen LogP contribution in [0, 0.1) is 19.7 Å². The van der Waals surface area contributed by atoms with E-state index in [1.54, 1.807) is 35.7 Å². The molecule has 0 unspecified atom stereocenters. The first kappa shape index (κ1) is 17.9. The monoisotopic (exact) mass is 398 g/mol. The lowest BCUT2D eigenvalue weighted by Gasteiger charge is -2.04. The summed E-state index contributed by atoms with van der Waals surface area (Å²) < 4.78 is 13.8. The molecule has 0 saturated carbocycles. The molecule has 0 amide bonds. The fraction of sp³-hybridized carbons (Fsp3) is 0.263. The summed E-state index contributed by atoms with van der Waals surface area (Å²) in [6, 6.07) is 5.63. The molecule has 1 aromatic carbocycles. The van der Waals surface area contributed by atoms with E-state index < -0.39 is 0 Å². The van der Waals surface area contributed by atoms with Crippen LogP contribution in [0.4, 0.5) is 4.39 Å². The topological polar surface area (TPSA) is 0 Å². The molecule has 0 nitrogen and oxygen atoms in total. The second-order valence-electron chi connectivity index (χ2n) is 5.91. The molecular weight excluding hydrogens is 382 g/mol. The molecule has 0 saturated heterocycles. The molecular formula is C19H17Cl2FS2. The van der Waals surface area contributed by atoms with Crippen molar-refractivity contribution in [3.8, 4) is 0 Å². The highest BCUT2D eigenvalue weighted by Crippen LogP contribution is 2.29. The summed E-state index contributed by atoms with van der Waals surface area (Å²) in [6.45, 7) is 3.74. The van der Waals surface area contributed by atoms with Gasteiger partial charge in [-0.25, -0.2) is 4.39 Å². The van der Waals surface area contributed by atoms with Crippen LogP contribution in [0.25, 0.3) is 0 Å². The normalized spacial score (nSPS) is 11.2. The second kappa shape index (κ2) is 7.57. The van der Waals surface area contributed by atoms with Gasteiger partial charge >= 0.3 is 0 Å². The van der Waals surface area contributed by atoms with E-state index >= 15 is 0 Å². The van der Waals surface area contributed by atoms with E-state index in [2.05, 4.69) is 16.8 Å². The van der Waals surface area contributed by atoms with Crippen molar-refractivity contribution in [3.05, 3.63) is 76.8 Å². The third-order valence-corrected chi connectivity index (χ3v) is 7.06. The first-order valence-electron chi connectivity index (χ1n) is 7.67. The van der Waals surface area contributed by atoms with E-state index in [-0.39, 0.29) is 5.82 Å². The lowest BCUT2D eigenvalue weighted by atomic mass is 10.1. The molecule has 3 aromatic rings. The summed E-state index contributed by atoms with van der Waals surface area (Å²) >= 11 is 15.8. The van der Waals surface area contributed by atoms with Crippen molar-refractivity contribution in [2.45, 2.75) is 33.1 Å². The van der Waals surface area contributed by atoms with Gasteiger partial charge in [-0.15, -0.1) is 22.7 Å². The zero-order valence-corrected chi connectivity index (χ0v) is 16.6. The number of benzene rings is 1. The Morgan fingerprint density at radius 2 is 1.75 bits per heavy atom. The Morgan fingerprint density at radius 3 is 2.42 bits per heavy atom. The molecule has 0 fully saturated rings. The Hall–Kier alpha value is -0.870. The van der Waals surface area contributed by atoms with Crippen LogP contribution in [0.3, 0.4) is 0 Å². The summed E-state index contributed by atoms with van der Waals surface area (Å²) in [5.41, 5.74) is 3.94. The summed E-state index contributed by atoms with van der Waals surface area (Å²) in [5.74, 6) is -0.239. The molecule has 0 aliphatic heterocycles. The van der Waals surface area contributed by atoms with E-state index in [0.29, 0.717) is 17.0 Å². The molecule has 3 rings (SSSR count). The van der Waals surface area contributed by atoms with Crippen LogP contribution in [0.5, 0.6) is 0 Å². The van der Waals surface area contributed by atoms with Gasteiger partial charge in [-0.05, 0) is 72.3 Å². The lowest BCUT2D eigenvalue weighted by molar-refractivity contribution is 0.617. The van der Waals surface area contributed by atoms with Crippen molar-refractivity contribution in [3.63, 3.8) is 0 Å². The van der Waals surface area contributed by atoms with E-state index in [1.165, 1.54) is 20.9 Å². The molecule has 2 heterocycles. The number of hydrogen-bond acceptors (Lipinski definition) is 2. The zero-order valence-electron chi connectivity index (χ0n) is 13.5. The quantitative estimate of drug-likeness (QED) is 0.424. The van der Waals surface area contributed by atoms with Gasteiger partial charge < -0.3 is 0 Å². The molecule has 0 aliphatic carbocycles. The molecule has 0 radical (unpaired) electrons. The minimum atomic E-state index is -0.239. The van der Waals surface area contributed by atoms with Crippen molar-refractivity contribution in [2.24, 2.45) is 0 Å². The number of rotatable bonds is 5. The van der Waals surface area contributed by atoms with Crippen molar-refractivity contribution >= 4 is 45.9 Å². The van der Waals surface area contributed by atoms with Crippen molar-refractivity contribution < 1.29 is 4.39 Å². The van der Waals surface area contributed by atoms with Crippen LogP contribution in [0.15, 0.2) is 29.0 Å². The number of thiophene rings is 2. The molecule has 126 valence electrons. The van der Waals surface area contributed by atoms with Gasteiger partial charge in [0, 0.05) is 26.8 Å². The van der Waals surface area contributed by atoms with Gasteiger partial charge in [0.25, 0.3) is 0 Å². The third-order valence-electron chi connectivity index (χ3n) is 4.08. The fourth-order valence-electron chi connectivity index (χ4n) is 2.59. The lowest BCUT2D eigenvalue weighted by Crippen LogP contribution is -1.91. The van der Waals surface area contributed by atoms with Gasteiger partial charge in [-0.2, -0.15) is 0 Å². The van der Waals surface area contributed by atoms with Gasteiger partial charge in [0.1, 0.15) is 5.82 Å². The number of halogens is 3. The summed E-state index contributed by atoms with van der Waals surface area (Å²) in [5, 5.41) is 5.71. The maximum atomic E-state index is 13.8. The van der Waals surface area contributed by atoms with Crippen molar-refractivity contribution in [1.29, 1.82) is 0 Å². The van der Waals surface area contributed by atoms with Gasteiger partial charge in [0.2, 0.25) is 0 Å². The molecule has 0 N–H and O–H groups in total. The van der Waals surface area contributed by atoms with E-state index in [9.17, 15) is 4.39 Å². The van der Waals surface area contributed by atoms with Crippen LogP contribution in [-0.2, 0) is 19.3 Å². The highest BCUT2D eigenvalue weighted by molar-refractivity contribution is 7.10. The highest BCUT2D eigenvalue weighted by atomic mass is 35.5. The first-order valence-corrected chi connectivity index (χ1v) is 10.2. The smallest absolute Gasteiger partial charge is 0.127 e. The summed E-state index contributed by atoms with van der Waals surface area (Å²) in [6.07, 6.45) is 2.62. The molecule has 0 bridgehead atoms. The first-order chi connectivity index (χ1) is 11.4. The molecule has 0 atom stereocenters. The molecule has 24 heavy (non-hydrogen) atoms. The van der Waals surface area contributed by atoms with Crippen LogP contribution < -0.4 is 0 Å². The fourth-order valence-corrected chi connectivity index (χ4v) is 4.91. The summed E-state index contributed by atoms with van der Waals surface area (Å²) in [7, 11) is 0. The van der Waals surface area contributed by atoms with Gasteiger partial charge in [0.05, 0.1) is 5.02 Å². The Bertz CT molecular complexity index is 841. The van der Waals surface area contributed by atoms with Crippen LogP contribution >= 0.6 is 45.9 Å². The number of aryl methyl sites for hydroxylation is 3. The van der Waals surface area contributed by atoms with E-state index in [4.69, 9.17) is 23.2 Å². The Balaban J connectivity index is 1.66. The standard InChI is InChI=1S/C19H17Cl2FS2/c1-11-17(20)7-14(8-18(11)22)6-16-5-13(9-24-16)3-4-15-10-23-12(2)19(15)21/h5,7-10H,3-4,6H2,1-2H3. The molecule has 5 heteroatoms. The summed E-state index contributed by atoms with van der Waals surface area (Å²) in [4.78, 5) is 2.40. The van der Waals surface area contributed by atoms with Gasteiger partial charge in [-0.1, -0.05) is 23.2 Å². The largest absolute Gasteiger partial charge is 0.207 e. The Labute approximate surface area is 159 Å². The average Bonchev–Trinajstić information content (AvgIpc) is 3.11. The molecule has 2 aromatic heterocycles. The van der Waals surface area contributed by atoms with E-state index in [0.717, 1.165) is 23.4 Å². The molecule has 0 spiro atoms. The third kappa shape index (κ3) is 4.02. The second-order valence-corrected chi connectivity index (χ2v) is 8.78. The predicted molar refractivity (Wildman–Crippen MR) is 105 cm³/mol. The Kier molecular flexibility index (Phi) is 5.66. The highest BCUT2D eigenvalue weighted by Gasteiger charge is 2.09. The molecule has 0 aliphatic rings. The average molecular weight is 399 g/mol. The van der Waals surface area contributed by atoms with Gasteiger partial charge in [0.15, 0.2) is 0 Å². The van der Waals surface area contributed by atoms with Crippen LogP contribution in [0.2, 0.25) is 10.0 Å². The number of hydrogen-bond donors (Lipinski definition) is 0. The van der Waals surface area contributed by atoms with Crippen LogP contribution in [0.1, 0.15) is 32.0 Å². The minimum Gasteiger partial charge on any atom is -0.207 e. The van der Waals surface area contributed by atoms with Crippen molar-refractivity contribution in [2.75, 3.05) is 0 Å². The van der Waals surface area contributed by atoms with Gasteiger partial charge in [-0.3, -0.25) is 0 Å².